The average Bonchev–Trinajstić information content (AvgIpc) is 3.00. The Morgan fingerprint density at radius 1 is 1.44 bits per heavy atom. The van der Waals surface area contributed by atoms with E-state index in [9.17, 15) is 4.79 Å². The maximum absolute atomic E-state index is 15.0. The van der Waals surface area contributed by atoms with E-state index < -0.39 is 5.82 Å². The minimum Gasteiger partial charge on any atom is -0.425 e. The highest BCUT2D eigenvalue weighted by molar-refractivity contribution is 7.13. The summed E-state index contributed by atoms with van der Waals surface area (Å²) in [4.78, 5) is 10.4. The van der Waals surface area contributed by atoms with Crippen molar-refractivity contribution in [2.45, 2.75) is 39.3 Å². The molecular weight excluding hydrogens is 367 g/mol. The monoisotopic (exact) mass is 386 g/mol. The number of carbonyl (C=O) groups is 1. The van der Waals surface area contributed by atoms with Gasteiger partial charge in [-0.2, -0.15) is 0 Å². The zero-order valence-corrected chi connectivity index (χ0v) is 15.7. The highest BCUT2D eigenvalue weighted by Crippen LogP contribution is 2.37. The lowest BCUT2D eigenvalue weighted by atomic mass is 10.0. The Hall–Kier alpha value is -1.77. The van der Waals surface area contributed by atoms with E-state index in [1.54, 1.807) is 19.1 Å². The number of rotatable bonds is 9. The number of carbonyl (C=O) groups excluding carboxylic acids is 1. The minimum absolute atomic E-state index is 0.0274. The fraction of sp³-hybridized carbons (Fsp3) is 0.438. The number of hydrogen-bond donors (Lipinski definition) is 2. The van der Waals surface area contributed by atoms with Crippen LogP contribution in [0, 0.1) is 12.7 Å². The molecule has 6 nitrogen and oxygen atoms in total. The number of halogens is 2. The number of amides is 1. The van der Waals surface area contributed by atoms with Crippen molar-refractivity contribution in [3.63, 3.8) is 0 Å². The van der Waals surface area contributed by atoms with E-state index in [2.05, 4.69) is 20.8 Å². The van der Waals surface area contributed by atoms with Gasteiger partial charge >= 0.3 is 0 Å². The van der Waals surface area contributed by atoms with E-state index >= 15 is 4.39 Å². The molecule has 0 fully saturated rings. The summed E-state index contributed by atoms with van der Waals surface area (Å²) < 4.78 is 20.5. The Labute approximate surface area is 154 Å². The summed E-state index contributed by atoms with van der Waals surface area (Å²) in [6, 6.07) is 2.96. The van der Waals surface area contributed by atoms with E-state index in [-0.39, 0.29) is 28.0 Å². The van der Waals surface area contributed by atoms with Gasteiger partial charge in [0.1, 0.15) is 5.01 Å². The van der Waals surface area contributed by atoms with Crippen molar-refractivity contribution in [2.24, 2.45) is 0 Å². The first-order valence-electron chi connectivity index (χ1n) is 7.85. The van der Waals surface area contributed by atoms with Gasteiger partial charge in [0.25, 0.3) is 5.19 Å². The second-order valence-electron chi connectivity index (χ2n) is 5.52. The molecule has 0 saturated heterocycles. The maximum Gasteiger partial charge on any atom is 0.299 e. The summed E-state index contributed by atoms with van der Waals surface area (Å²) in [7, 11) is 0. The second kappa shape index (κ2) is 9.07. The van der Waals surface area contributed by atoms with Crippen LogP contribution >= 0.6 is 22.9 Å². The normalized spacial score (nSPS) is 13.3. The summed E-state index contributed by atoms with van der Waals surface area (Å²) in [5.74, 6) is -0.593. The summed E-state index contributed by atoms with van der Waals surface area (Å²) >= 11 is 7.32. The molecule has 0 aliphatic carbocycles. The van der Waals surface area contributed by atoms with Crippen LogP contribution in [0.25, 0.3) is 0 Å². The SMILES string of the molecule is CC[C@@H](N[C@@H](C)CNC=O)c1ccc(Cl)c(Oc2nnc(C)s2)c1F. The predicted molar refractivity (Wildman–Crippen MR) is 95.8 cm³/mol. The van der Waals surface area contributed by atoms with E-state index in [0.717, 1.165) is 0 Å². The van der Waals surface area contributed by atoms with Crippen LogP contribution in [0.5, 0.6) is 10.9 Å². The Bertz CT molecular complexity index is 728. The first-order chi connectivity index (χ1) is 12.0. The van der Waals surface area contributed by atoms with Crippen molar-refractivity contribution in [1.82, 2.24) is 20.8 Å². The Balaban J connectivity index is 2.24. The van der Waals surface area contributed by atoms with Crippen molar-refractivity contribution in [2.75, 3.05) is 6.54 Å². The van der Waals surface area contributed by atoms with Gasteiger partial charge in [-0.05, 0) is 26.3 Å². The summed E-state index contributed by atoms with van der Waals surface area (Å²) in [6.45, 7) is 6.09. The molecule has 9 heteroatoms. The molecule has 0 aliphatic heterocycles. The molecule has 1 heterocycles. The lowest BCUT2D eigenvalue weighted by Gasteiger charge is -2.23. The van der Waals surface area contributed by atoms with Gasteiger partial charge in [-0.25, -0.2) is 4.39 Å². The molecule has 1 amide bonds. The first-order valence-corrected chi connectivity index (χ1v) is 9.04. The van der Waals surface area contributed by atoms with Gasteiger partial charge in [0.05, 0.1) is 5.02 Å². The van der Waals surface area contributed by atoms with Crippen LogP contribution in [0.2, 0.25) is 5.02 Å². The zero-order valence-electron chi connectivity index (χ0n) is 14.2. The zero-order chi connectivity index (χ0) is 18.4. The number of nitrogens with zero attached hydrogens (tertiary/aromatic N) is 2. The molecule has 0 spiro atoms. The third-order valence-corrected chi connectivity index (χ3v) is 4.57. The predicted octanol–water partition coefficient (Wildman–Crippen LogP) is 3.61. The molecule has 0 saturated carbocycles. The van der Waals surface area contributed by atoms with E-state index in [0.29, 0.717) is 29.9 Å². The quantitative estimate of drug-likeness (QED) is 0.644. The average molecular weight is 387 g/mol. The molecule has 2 rings (SSSR count). The Morgan fingerprint density at radius 3 is 2.80 bits per heavy atom. The van der Waals surface area contributed by atoms with Gasteiger partial charge in [-0.1, -0.05) is 41.0 Å². The van der Waals surface area contributed by atoms with Crippen molar-refractivity contribution in [3.05, 3.63) is 33.5 Å². The Kier molecular flexibility index (Phi) is 7.10. The number of aromatic nitrogens is 2. The highest BCUT2D eigenvalue weighted by Gasteiger charge is 2.22. The van der Waals surface area contributed by atoms with Gasteiger partial charge < -0.3 is 15.4 Å². The van der Waals surface area contributed by atoms with Crippen LogP contribution in [-0.2, 0) is 4.79 Å². The highest BCUT2D eigenvalue weighted by atomic mass is 35.5. The largest absolute Gasteiger partial charge is 0.425 e. The molecular formula is C16H20ClFN4O2S. The molecule has 0 aliphatic rings. The van der Waals surface area contributed by atoms with E-state index in [1.165, 1.54) is 11.3 Å². The molecule has 25 heavy (non-hydrogen) atoms. The molecule has 136 valence electrons. The van der Waals surface area contributed by atoms with Gasteiger partial charge in [0, 0.05) is 24.2 Å². The molecule has 2 atom stereocenters. The van der Waals surface area contributed by atoms with Crippen LogP contribution < -0.4 is 15.4 Å². The van der Waals surface area contributed by atoms with Crippen LogP contribution in [0.3, 0.4) is 0 Å². The number of aryl methyl sites for hydroxylation is 1. The first kappa shape index (κ1) is 19.6. The van der Waals surface area contributed by atoms with E-state index in [1.807, 2.05) is 13.8 Å². The summed E-state index contributed by atoms with van der Waals surface area (Å²) in [6.07, 6.45) is 1.29. The van der Waals surface area contributed by atoms with Crippen molar-refractivity contribution in [3.8, 4) is 10.9 Å². The van der Waals surface area contributed by atoms with Gasteiger partial charge in [0.15, 0.2) is 11.6 Å². The topological polar surface area (TPSA) is 76.1 Å². The molecule has 1 aromatic carbocycles. The van der Waals surface area contributed by atoms with Gasteiger partial charge in [0.2, 0.25) is 6.41 Å². The van der Waals surface area contributed by atoms with Crippen molar-refractivity contribution >= 4 is 29.3 Å². The van der Waals surface area contributed by atoms with Crippen LogP contribution in [0.1, 0.15) is 36.9 Å². The van der Waals surface area contributed by atoms with Crippen molar-refractivity contribution in [1.29, 1.82) is 0 Å². The maximum atomic E-state index is 15.0. The standard InChI is InChI=1S/C16H20ClFN4O2S/c1-4-13(20-9(2)7-19-8-23)11-5-6-12(17)15(14(11)18)24-16-22-21-10(3)25-16/h5-6,8-9,13,20H,4,7H2,1-3H3,(H,19,23)/t9-,13+/m0/s1. The lowest BCUT2D eigenvalue weighted by Crippen LogP contribution is -2.38. The van der Waals surface area contributed by atoms with Crippen LogP contribution in [0.15, 0.2) is 12.1 Å². The molecule has 0 radical (unpaired) electrons. The van der Waals surface area contributed by atoms with Crippen molar-refractivity contribution < 1.29 is 13.9 Å². The third-order valence-electron chi connectivity index (χ3n) is 3.55. The summed E-state index contributed by atoms with van der Waals surface area (Å²) in [5.41, 5.74) is 0.445. The second-order valence-corrected chi connectivity index (χ2v) is 7.07. The summed E-state index contributed by atoms with van der Waals surface area (Å²) in [5, 5.41) is 14.7. The molecule has 0 unspecified atom stereocenters. The van der Waals surface area contributed by atoms with Crippen LogP contribution in [-0.4, -0.2) is 29.2 Å². The fourth-order valence-corrected chi connectivity index (χ4v) is 3.10. The molecule has 1 aromatic heterocycles. The molecule has 2 aromatic rings. The van der Waals surface area contributed by atoms with Crippen LogP contribution in [0.4, 0.5) is 4.39 Å². The van der Waals surface area contributed by atoms with Gasteiger partial charge in [-0.3, -0.25) is 4.79 Å². The number of nitrogens with one attached hydrogen (secondary N) is 2. The van der Waals surface area contributed by atoms with Gasteiger partial charge in [-0.15, -0.1) is 5.10 Å². The number of benzene rings is 1. The smallest absolute Gasteiger partial charge is 0.299 e. The van der Waals surface area contributed by atoms with E-state index in [4.69, 9.17) is 16.3 Å². The fourth-order valence-electron chi connectivity index (χ4n) is 2.37. The number of ether oxygens (including phenoxy) is 1. The lowest BCUT2D eigenvalue weighted by molar-refractivity contribution is -0.109. The Morgan fingerprint density at radius 2 is 2.20 bits per heavy atom. The minimum atomic E-state index is -0.532. The third kappa shape index (κ3) is 5.10. The molecule has 2 N–H and O–H groups in total. The molecule has 0 bridgehead atoms. The number of hydrogen-bond acceptors (Lipinski definition) is 6.